The van der Waals surface area contributed by atoms with Crippen LogP contribution in [-0.4, -0.2) is 37.1 Å². The molecule has 160 valence electrons. The molecule has 2 aliphatic rings. The summed E-state index contributed by atoms with van der Waals surface area (Å²) in [5.41, 5.74) is 3.29. The largest absolute Gasteiger partial charge is 0.339 e. The van der Waals surface area contributed by atoms with Gasteiger partial charge in [0, 0.05) is 17.7 Å². The number of benzene rings is 1. The average molecular weight is 430 g/mol. The molecular weight excluding hydrogens is 411 g/mol. The molecule has 0 fully saturated rings. The second-order valence-corrected chi connectivity index (χ2v) is 7.86. The summed E-state index contributed by atoms with van der Waals surface area (Å²) in [6.07, 6.45) is 5.10. The van der Waals surface area contributed by atoms with Gasteiger partial charge in [0.2, 0.25) is 5.82 Å². The Labute approximate surface area is 183 Å². The van der Waals surface area contributed by atoms with E-state index < -0.39 is 11.9 Å². The topological polar surface area (TPSA) is 106 Å². The van der Waals surface area contributed by atoms with Gasteiger partial charge >= 0.3 is 0 Å². The number of amides is 1. The van der Waals surface area contributed by atoms with Crippen LogP contribution in [0.1, 0.15) is 46.0 Å². The summed E-state index contributed by atoms with van der Waals surface area (Å²) in [5.74, 6) is -1.20. The second kappa shape index (κ2) is 7.89. The predicted octanol–water partition coefficient (Wildman–Crippen LogP) is 2.24. The Morgan fingerprint density at radius 2 is 2.19 bits per heavy atom. The lowest BCUT2D eigenvalue weighted by Crippen LogP contribution is -2.41. The van der Waals surface area contributed by atoms with Crippen molar-refractivity contribution in [3.05, 3.63) is 76.9 Å². The van der Waals surface area contributed by atoms with Crippen LogP contribution in [0.4, 0.5) is 4.39 Å². The number of nitrogens with zero attached hydrogens (tertiary/aromatic N) is 5. The molecule has 3 aromatic rings. The van der Waals surface area contributed by atoms with Gasteiger partial charge < -0.3 is 9.88 Å². The van der Waals surface area contributed by atoms with E-state index in [9.17, 15) is 19.2 Å². The van der Waals surface area contributed by atoms with Gasteiger partial charge in [-0.25, -0.2) is 14.1 Å². The number of allylic oxidation sites excluding steroid dienone is 1. The third kappa shape index (κ3) is 3.39. The second-order valence-electron chi connectivity index (χ2n) is 7.86. The van der Waals surface area contributed by atoms with Crippen molar-refractivity contribution in [3.8, 4) is 6.07 Å². The lowest BCUT2D eigenvalue weighted by atomic mass is 9.92. The van der Waals surface area contributed by atoms with E-state index >= 15 is 0 Å². The normalized spacial score (nSPS) is 17.2. The number of aryl methyl sites for hydroxylation is 1. The molecule has 3 heterocycles. The van der Waals surface area contributed by atoms with E-state index in [-0.39, 0.29) is 24.0 Å². The van der Waals surface area contributed by atoms with Crippen molar-refractivity contribution in [2.24, 2.45) is 0 Å². The van der Waals surface area contributed by atoms with Crippen LogP contribution in [-0.2, 0) is 24.3 Å². The molecular formula is C23H19FN6O2. The van der Waals surface area contributed by atoms with E-state index in [4.69, 9.17) is 0 Å². The molecule has 1 amide bonds. The molecule has 1 aliphatic carbocycles. The van der Waals surface area contributed by atoms with Gasteiger partial charge in [-0.05, 0) is 37.0 Å². The Bertz CT molecular complexity index is 1310. The minimum atomic E-state index is -0.746. The summed E-state index contributed by atoms with van der Waals surface area (Å²) in [6.45, 7) is 0.582. The fourth-order valence-corrected chi connectivity index (χ4v) is 4.34. The number of ketones is 1. The van der Waals surface area contributed by atoms with Crippen molar-refractivity contribution in [3.63, 3.8) is 0 Å². The number of halogens is 1. The van der Waals surface area contributed by atoms with Crippen LogP contribution >= 0.6 is 0 Å². The van der Waals surface area contributed by atoms with Gasteiger partial charge in [-0.1, -0.05) is 24.3 Å². The number of nitrogens with one attached hydrogen (secondary N) is 1. The SMILES string of the molecule is N#Cc1cc2c3n1CCC(NC(=O)c1ncn(Cc4ccccc4F)n1)C(=O)C3=CCC2. The van der Waals surface area contributed by atoms with Crippen molar-refractivity contribution in [1.82, 2.24) is 24.6 Å². The minimum Gasteiger partial charge on any atom is -0.339 e. The van der Waals surface area contributed by atoms with E-state index in [1.54, 1.807) is 18.2 Å². The highest BCUT2D eigenvalue weighted by molar-refractivity contribution is 6.24. The van der Waals surface area contributed by atoms with Crippen LogP contribution in [0.5, 0.6) is 0 Å². The summed E-state index contributed by atoms with van der Waals surface area (Å²) in [7, 11) is 0. The summed E-state index contributed by atoms with van der Waals surface area (Å²) >= 11 is 0. The fraction of sp³-hybridized carbons (Fsp3) is 0.261. The monoisotopic (exact) mass is 430 g/mol. The first-order valence-electron chi connectivity index (χ1n) is 10.4. The van der Waals surface area contributed by atoms with E-state index in [1.165, 1.54) is 17.1 Å². The molecule has 1 aromatic carbocycles. The first-order valence-corrected chi connectivity index (χ1v) is 10.4. The van der Waals surface area contributed by atoms with Crippen LogP contribution in [0.15, 0.2) is 42.7 Å². The minimum absolute atomic E-state index is 0.0889. The maximum absolute atomic E-state index is 13.9. The summed E-state index contributed by atoms with van der Waals surface area (Å²) in [6, 6.07) is 9.62. The number of Topliss-reactive ketones (excluding diaryl/α,β-unsaturated/α-hetero) is 1. The molecule has 0 saturated carbocycles. The third-order valence-corrected chi connectivity index (χ3v) is 5.87. The van der Waals surface area contributed by atoms with Gasteiger partial charge in [-0.15, -0.1) is 5.10 Å². The standard InChI is InChI=1S/C23H19FN6O2/c24-18-7-2-1-4-15(18)12-29-13-26-22(28-29)23(32)27-19-8-9-30-16(11-25)10-14-5-3-6-17(20(14)30)21(19)31/h1-2,4,6-7,10,13,19H,3,5,8-9,12H2,(H,27,32). The van der Waals surface area contributed by atoms with E-state index in [1.807, 2.05) is 16.7 Å². The Morgan fingerprint density at radius 3 is 3.00 bits per heavy atom. The number of carbonyl (C=O) groups is 2. The molecule has 1 N–H and O–H groups in total. The van der Waals surface area contributed by atoms with Gasteiger partial charge in [0.1, 0.15) is 23.9 Å². The van der Waals surface area contributed by atoms with Crippen LogP contribution in [0.3, 0.4) is 0 Å². The number of hydrogen-bond donors (Lipinski definition) is 1. The van der Waals surface area contributed by atoms with Crippen LogP contribution in [0.2, 0.25) is 0 Å². The number of aromatic nitrogens is 4. The fourth-order valence-electron chi connectivity index (χ4n) is 4.34. The van der Waals surface area contributed by atoms with Gasteiger partial charge in [-0.2, -0.15) is 5.26 Å². The highest BCUT2D eigenvalue weighted by atomic mass is 19.1. The van der Waals surface area contributed by atoms with Gasteiger partial charge in [0.05, 0.1) is 18.3 Å². The van der Waals surface area contributed by atoms with E-state index in [2.05, 4.69) is 21.5 Å². The van der Waals surface area contributed by atoms with Gasteiger partial charge in [-0.3, -0.25) is 9.59 Å². The lowest BCUT2D eigenvalue weighted by molar-refractivity contribution is -0.115. The molecule has 0 saturated heterocycles. The molecule has 9 heteroatoms. The zero-order chi connectivity index (χ0) is 22.2. The van der Waals surface area contributed by atoms with Gasteiger partial charge in [0.25, 0.3) is 5.91 Å². The summed E-state index contributed by atoms with van der Waals surface area (Å²) in [4.78, 5) is 30.0. The number of hydrogen-bond acceptors (Lipinski definition) is 5. The molecule has 5 rings (SSSR count). The first kappa shape index (κ1) is 19.9. The molecule has 1 unspecified atom stereocenters. The zero-order valence-corrected chi connectivity index (χ0v) is 17.1. The highest BCUT2D eigenvalue weighted by Crippen LogP contribution is 2.33. The molecule has 0 bridgehead atoms. The highest BCUT2D eigenvalue weighted by Gasteiger charge is 2.34. The summed E-state index contributed by atoms with van der Waals surface area (Å²) < 4.78 is 17.1. The Kier molecular flexibility index (Phi) is 4.90. The van der Waals surface area contributed by atoms with Crippen molar-refractivity contribution < 1.29 is 14.0 Å². The van der Waals surface area contributed by atoms with Crippen LogP contribution < -0.4 is 5.32 Å². The molecule has 32 heavy (non-hydrogen) atoms. The van der Waals surface area contributed by atoms with E-state index in [0.29, 0.717) is 36.2 Å². The molecule has 1 aliphatic heterocycles. The van der Waals surface area contributed by atoms with Crippen LogP contribution in [0, 0.1) is 17.1 Å². The summed E-state index contributed by atoms with van der Waals surface area (Å²) in [5, 5.41) is 16.3. The molecule has 0 radical (unpaired) electrons. The van der Waals surface area contributed by atoms with Crippen molar-refractivity contribution in [2.45, 2.75) is 38.4 Å². The van der Waals surface area contributed by atoms with E-state index in [0.717, 1.165) is 17.7 Å². The molecule has 8 nitrogen and oxygen atoms in total. The van der Waals surface area contributed by atoms with Crippen LogP contribution in [0.25, 0.3) is 5.57 Å². The lowest BCUT2D eigenvalue weighted by Gasteiger charge is -2.17. The van der Waals surface area contributed by atoms with Crippen molar-refractivity contribution >= 4 is 17.3 Å². The quantitative estimate of drug-likeness (QED) is 0.683. The predicted molar refractivity (Wildman–Crippen MR) is 112 cm³/mol. The average Bonchev–Trinajstić information content (AvgIpc) is 3.38. The number of rotatable bonds is 4. The first-order chi connectivity index (χ1) is 15.5. The Morgan fingerprint density at radius 1 is 1.34 bits per heavy atom. The number of nitriles is 1. The third-order valence-electron chi connectivity index (χ3n) is 5.87. The number of carbonyl (C=O) groups excluding carboxylic acids is 2. The Hall–Kier alpha value is -4.06. The van der Waals surface area contributed by atoms with Crippen molar-refractivity contribution in [1.29, 1.82) is 5.26 Å². The Balaban J connectivity index is 1.34. The van der Waals surface area contributed by atoms with Crippen molar-refractivity contribution in [2.75, 3.05) is 0 Å². The zero-order valence-electron chi connectivity index (χ0n) is 17.1. The van der Waals surface area contributed by atoms with Gasteiger partial charge in [0.15, 0.2) is 5.78 Å². The molecule has 1 atom stereocenters. The molecule has 0 spiro atoms. The maximum Gasteiger partial charge on any atom is 0.291 e. The smallest absolute Gasteiger partial charge is 0.291 e. The molecule has 2 aromatic heterocycles. The maximum atomic E-state index is 13.9.